The summed E-state index contributed by atoms with van der Waals surface area (Å²) in [5.41, 5.74) is 0. The highest BCUT2D eigenvalue weighted by Crippen LogP contribution is 2.39. The van der Waals surface area contributed by atoms with Crippen molar-refractivity contribution in [3.63, 3.8) is 0 Å². The van der Waals surface area contributed by atoms with Gasteiger partial charge in [-0.15, -0.1) is 0 Å². The summed E-state index contributed by atoms with van der Waals surface area (Å²) in [6.07, 6.45) is -6.00. The van der Waals surface area contributed by atoms with E-state index in [1.807, 2.05) is 0 Å². The number of nitrogens with one attached hydrogen (secondary N) is 1. The number of hydrogen-bond donors (Lipinski definition) is 1. The smallest absolute Gasteiger partial charge is 0.309 e. The van der Waals surface area contributed by atoms with Crippen LogP contribution in [-0.4, -0.2) is 51.9 Å². The van der Waals surface area contributed by atoms with E-state index in [-0.39, 0.29) is 6.42 Å². The molecule has 104 valence electrons. The first-order chi connectivity index (χ1) is 7.42. The second kappa shape index (κ2) is 5.44. The van der Waals surface area contributed by atoms with Crippen molar-refractivity contribution in [2.75, 3.05) is 27.2 Å². The van der Waals surface area contributed by atoms with Crippen LogP contribution in [0.3, 0.4) is 0 Å². The molecule has 17 heavy (non-hydrogen) atoms. The molecule has 0 bridgehead atoms. The molecular formula is C7H13F5N2O2S. The Kier molecular flexibility index (Phi) is 5.29. The van der Waals surface area contributed by atoms with Gasteiger partial charge in [0.1, 0.15) is 0 Å². The largest absolute Gasteiger partial charge is 0.470 e. The molecule has 0 heterocycles. The van der Waals surface area contributed by atoms with Crippen LogP contribution < -0.4 is 4.72 Å². The molecule has 0 spiro atoms. The van der Waals surface area contributed by atoms with Gasteiger partial charge in [0.2, 0.25) is 0 Å². The first kappa shape index (κ1) is 16.5. The van der Waals surface area contributed by atoms with Crippen molar-refractivity contribution in [1.29, 1.82) is 0 Å². The van der Waals surface area contributed by atoms with Crippen molar-refractivity contribution in [3.8, 4) is 0 Å². The molecule has 0 saturated heterocycles. The van der Waals surface area contributed by atoms with Gasteiger partial charge in [0.25, 0.3) is 10.0 Å². The van der Waals surface area contributed by atoms with Gasteiger partial charge in [-0.2, -0.15) is 22.0 Å². The lowest BCUT2D eigenvalue weighted by atomic mass is 10.4. The van der Waals surface area contributed by atoms with Crippen LogP contribution >= 0.6 is 0 Å². The Morgan fingerprint density at radius 3 is 1.94 bits per heavy atom. The monoisotopic (exact) mass is 284 g/mol. The molecule has 0 unspecified atom stereocenters. The molecule has 0 aliphatic heterocycles. The fourth-order valence-electron chi connectivity index (χ4n) is 0.845. The van der Waals surface area contributed by atoms with Crippen molar-refractivity contribution < 1.29 is 30.4 Å². The zero-order chi connectivity index (χ0) is 13.9. The molecule has 0 atom stereocenters. The van der Waals surface area contributed by atoms with Gasteiger partial charge in [-0.25, -0.2) is 13.1 Å². The standard InChI is InChI=1S/C7H13F5N2O2S/c1-14(2)5-3-4-13-17(15,16)7(11,12)6(8,9)10/h13H,3-5H2,1-2H3. The SMILES string of the molecule is CN(C)CCCNS(=O)(=O)C(F)(F)C(F)(F)F. The van der Waals surface area contributed by atoms with Crippen molar-refractivity contribution >= 4 is 10.0 Å². The zero-order valence-electron chi connectivity index (χ0n) is 9.18. The number of hydrogen-bond acceptors (Lipinski definition) is 3. The van der Waals surface area contributed by atoms with Crippen molar-refractivity contribution in [2.24, 2.45) is 0 Å². The molecule has 0 saturated carbocycles. The Hall–Kier alpha value is -0.480. The number of rotatable bonds is 6. The summed E-state index contributed by atoms with van der Waals surface area (Å²) in [6, 6.07) is 0. The van der Waals surface area contributed by atoms with Crippen LogP contribution in [0.5, 0.6) is 0 Å². The number of halogens is 5. The van der Waals surface area contributed by atoms with E-state index in [1.165, 1.54) is 4.72 Å². The maximum absolute atomic E-state index is 12.5. The van der Waals surface area contributed by atoms with E-state index in [4.69, 9.17) is 0 Å². The summed E-state index contributed by atoms with van der Waals surface area (Å²) in [5.74, 6) is 0. The van der Waals surface area contributed by atoms with E-state index in [1.54, 1.807) is 19.0 Å². The predicted molar refractivity (Wildman–Crippen MR) is 51.1 cm³/mol. The summed E-state index contributed by atoms with van der Waals surface area (Å²) >= 11 is 0. The normalized spacial score (nSPS) is 14.4. The van der Waals surface area contributed by atoms with E-state index in [2.05, 4.69) is 0 Å². The average molecular weight is 284 g/mol. The molecule has 1 N–H and O–H groups in total. The van der Waals surface area contributed by atoms with Gasteiger partial charge in [-0.05, 0) is 27.1 Å². The van der Waals surface area contributed by atoms with Crippen LogP contribution in [0.2, 0.25) is 0 Å². The highest BCUT2D eigenvalue weighted by molar-refractivity contribution is 7.90. The highest BCUT2D eigenvalue weighted by Gasteiger charge is 2.67. The molecule has 0 aliphatic carbocycles. The minimum atomic E-state index is -6.12. The molecule has 0 aromatic rings. The maximum Gasteiger partial charge on any atom is 0.470 e. The Morgan fingerprint density at radius 1 is 1.12 bits per heavy atom. The summed E-state index contributed by atoms with van der Waals surface area (Å²) in [6.45, 7) is -0.119. The third kappa shape index (κ3) is 4.36. The van der Waals surface area contributed by atoms with Gasteiger partial charge < -0.3 is 4.90 Å². The van der Waals surface area contributed by atoms with E-state index in [0.29, 0.717) is 6.54 Å². The van der Waals surface area contributed by atoms with Crippen LogP contribution in [0.15, 0.2) is 0 Å². The molecule has 0 rings (SSSR count). The Bertz CT molecular complexity index is 339. The van der Waals surface area contributed by atoms with Gasteiger partial charge in [-0.1, -0.05) is 0 Å². The molecule has 0 aromatic heterocycles. The van der Waals surface area contributed by atoms with E-state index in [9.17, 15) is 30.4 Å². The Balaban J connectivity index is 4.50. The minimum absolute atomic E-state index is 0.125. The topological polar surface area (TPSA) is 49.4 Å². The summed E-state index contributed by atoms with van der Waals surface area (Å²) < 4.78 is 83.1. The highest BCUT2D eigenvalue weighted by atomic mass is 32.2. The molecule has 0 aliphatic rings. The first-order valence-corrected chi connectivity index (χ1v) is 5.98. The summed E-state index contributed by atoms with van der Waals surface area (Å²) in [5, 5.41) is -5.78. The number of alkyl halides is 5. The van der Waals surface area contributed by atoms with Gasteiger partial charge in [0.15, 0.2) is 0 Å². The van der Waals surface area contributed by atoms with Crippen LogP contribution in [0, 0.1) is 0 Å². The van der Waals surface area contributed by atoms with Crippen LogP contribution in [0.25, 0.3) is 0 Å². The second-order valence-corrected chi connectivity index (χ2v) is 5.38. The molecule has 0 aromatic carbocycles. The van der Waals surface area contributed by atoms with E-state index < -0.39 is 28.0 Å². The van der Waals surface area contributed by atoms with Crippen LogP contribution in [-0.2, 0) is 10.0 Å². The van der Waals surface area contributed by atoms with Gasteiger partial charge in [0.05, 0.1) is 0 Å². The fraction of sp³-hybridized carbons (Fsp3) is 1.00. The van der Waals surface area contributed by atoms with E-state index >= 15 is 0 Å². The van der Waals surface area contributed by atoms with Crippen molar-refractivity contribution in [2.45, 2.75) is 17.9 Å². The summed E-state index contributed by atoms with van der Waals surface area (Å²) in [4.78, 5) is 1.64. The quantitative estimate of drug-likeness (QED) is 0.585. The molecular weight excluding hydrogens is 271 g/mol. The fourth-order valence-corrected chi connectivity index (χ4v) is 1.74. The van der Waals surface area contributed by atoms with Gasteiger partial charge in [-0.3, -0.25) is 0 Å². The Morgan fingerprint density at radius 2 is 1.59 bits per heavy atom. The lowest BCUT2D eigenvalue weighted by Gasteiger charge is -2.20. The van der Waals surface area contributed by atoms with Crippen LogP contribution in [0.4, 0.5) is 22.0 Å². The Labute approximate surface area is 95.8 Å². The zero-order valence-corrected chi connectivity index (χ0v) is 10.00. The second-order valence-electron chi connectivity index (χ2n) is 3.57. The molecule has 0 amide bonds. The molecule has 10 heteroatoms. The van der Waals surface area contributed by atoms with Crippen molar-refractivity contribution in [1.82, 2.24) is 9.62 Å². The molecule has 0 radical (unpaired) electrons. The van der Waals surface area contributed by atoms with E-state index in [0.717, 1.165) is 0 Å². The first-order valence-electron chi connectivity index (χ1n) is 4.50. The average Bonchev–Trinajstić information content (AvgIpc) is 2.10. The van der Waals surface area contributed by atoms with Crippen LogP contribution in [0.1, 0.15) is 6.42 Å². The summed E-state index contributed by atoms with van der Waals surface area (Å²) in [7, 11) is -2.44. The lowest BCUT2D eigenvalue weighted by molar-refractivity contribution is -0.241. The molecule has 0 fully saturated rings. The van der Waals surface area contributed by atoms with Gasteiger partial charge in [0, 0.05) is 6.54 Å². The number of nitrogens with zero attached hydrogens (tertiary/aromatic N) is 1. The van der Waals surface area contributed by atoms with Crippen molar-refractivity contribution in [3.05, 3.63) is 0 Å². The third-order valence-corrected chi connectivity index (χ3v) is 3.23. The predicted octanol–water partition coefficient (Wildman–Crippen LogP) is 1.01. The third-order valence-electron chi connectivity index (χ3n) is 1.74. The minimum Gasteiger partial charge on any atom is -0.309 e. The molecule has 4 nitrogen and oxygen atoms in total. The maximum atomic E-state index is 12.5. The lowest BCUT2D eigenvalue weighted by Crippen LogP contribution is -2.50. The number of sulfonamides is 1. The van der Waals surface area contributed by atoms with Gasteiger partial charge >= 0.3 is 11.4 Å².